The zero-order valence-corrected chi connectivity index (χ0v) is 12.6. The largest absolute Gasteiger partial charge is 0.497 e. The highest BCUT2D eigenvalue weighted by Crippen LogP contribution is 2.18. The van der Waals surface area contributed by atoms with E-state index in [1.54, 1.807) is 31.4 Å². The van der Waals surface area contributed by atoms with E-state index in [1.165, 1.54) is 7.05 Å². The standard InChI is InChI=1S/C14H21N3O5/c1-17(14(15)20)8-13(19)16-7-10(18)9-22-12-5-3-4-11(6-12)21-2/h3-6,10,18H,7-9H2,1-2H3,(H2,15,20)(H,16,19)/t10-/m1/s1. The monoisotopic (exact) mass is 311 g/mol. The van der Waals surface area contributed by atoms with E-state index in [1.807, 2.05) is 0 Å². The summed E-state index contributed by atoms with van der Waals surface area (Å²) in [7, 11) is 2.96. The fourth-order valence-corrected chi connectivity index (χ4v) is 1.52. The van der Waals surface area contributed by atoms with Crippen LogP contribution in [-0.4, -0.2) is 61.9 Å². The Bertz CT molecular complexity index is 509. The second kappa shape index (κ2) is 8.73. The number of nitrogens with one attached hydrogen (secondary N) is 1. The fraction of sp³-hybridized carbons (Fsp3) is 0.429. The topological polar surface area (TPSA) is 114 Å². The van der Waals surface area contributed by atoms with Crippen LogP contribution in [0.25, 0.3) is 0 Å². The van der Waals surface area contributed by atoms with Crippen LogP contribution in [0.3, 0.4) is 0 Å². The molecule has 1 rings (SSSR count). The number of nitrogens with two attached hydrogens (primary N) is 1. The van der Waals surface area contributed by atoms with Gasteiger partial charge in [0.25, 0.3) is 0 Å². The first-order valence-corrected chi connectivity index (χ1v) is 6.64. The van der Waals surface area contributed by atoms with Crippen molar-refractivity contribution in [2.24, 2.45) is 5.73 Å². The van der Waals surface area contributed by atoms with E-state index in [0.717, 1.165) is 4.90 Å². The van der Waals surface area contributed by atoms with Crippen LogP contribution in [-0.2, 0) is 4.79 Å². The van der Waals surface area contributed by atoms with Crippen LogP contribution in [0.2, 0.25) is 0 Å². The summed E-state index contributed by atoms with van der Waals surface area (Å²) in [5.41, 5.74) is 5.00. The number of nitrogens with zero attached hydrogens (tertiary/aromatic N) is 1. The van der Waals surface area contributed by atoms with Gasteiger partial charge >= 0.3 is 6.03 Å². The van der Waals surface area contributed by atoms with Crippen LogP contribution in [0, 0.1) is 0 Å². The molecule has 0 aliphatic rings. The van der Waals surface area contributed by atoms with Gasteiger partial charge in [-0.2, -0.15) is 0 Å². The molecule has 22 heavy (non-hydrogen) atoms. The lowest BCUT2D eigenvalue weighted by atomic mass is 10.3. The van der Waals surface area contributed by atoms with Crippen molar-refractivity contribution in [1.29, 1.82) is 0 Å². The number of ether oxygens (including phenoxy) is 2. The molecule has 0 aliphatic carbocycles. The Morgan fingerprint density at radius 1 is 1.41 bits per heavy atom. The number of aliphatic hydroxyl groups excluding tert-OH is 1. The third kappa shape index (κ3) is 6.31. The Hall–Kier alpha value is -2.48. The normalized spacial score (nSPS) is 11.4. The number of hydrogen-bond acceptors (Lipinski definition) is 5. The highest BCUT2D eigenvalue weighted by molar-refractivity contribution is 5.83. The van der Waals surface area contributed by atoms with Gasteiger partial charge in [0.05, 0.1) is 7.11 Å². The molecule has 1 aromatic carbocycles. The van der Waals surface area contributed by atoms with E-state index in [2.05, 4.69) is 5.32 Å². The molecular weight excluding hydrogens is 290 g/mol. The van der Waals surface area contributed by atoms with Crippen molar-refractivity contribution in [3.05, 3.63) is 24.3 Å². The summed E-state index contributed by atoms with van der Waals surface area (Å²) in [6.45, 7) is -0.146. The predicted molar refractivity (Wildman–Crippen MR) is 79.7 cm³/mol. The van der Waals surface area contributed by atoms with Gasteiger partial charge in [0.15, 0.2) is 0 Å². The van der Waals surface area contributed by atoms with Gasteiger partial charge in [-0.1, -0.05) is 6.07 Å². The third-order valence-electron chi connectivity index (χ3n) is 2.78. The first-order valence-electron chi connectivity index (χ1n) is 6.64. The van der Waals surface area contributed by atoms with Gasteiger partial charge in [0.1, 0.15) is 30.8 Å². The van der Waals surface area contributed by atoms with E-state index in [-0.39, 0.29) is 19.7 Å². The lowest BCUT2D eigenvalue weighted by Gasteiger charge is -2.16. The van der Waals surface area contributed by atoms with Crippen molar-refractivity contribution in [2.45, 2.75) is 6.10 Å². The molecule has 0 aromatic heterocycles. The van der Waals surface area contributed by atoms with Crippen molar-refractivity contribution in [3.8, 4) is 11.5 Å². The number of likely N-dealkylation sites (N-methyl/N-ethyl adjacent to an activating group) is 1. The van der Waals surface area contributed by atoms with Crippen LogP contribution in [0.5, 0.6) is 11.5 Å². The van der Waals surface area contributed by atoms with Gasteiger partial charge in [-0.25, -0.2) is 4.79 Å². The molecule has 0 heterocycles. The SMILES string of the molecule is COc1cccc(OC[C@H](O)CNC(=O)CN(C)C(N)=O)c1. The third-order valence-corrected chi connectivity index (χ3v) is 2.78. The summed E-state index contributed by atoms with van der Waals surface area (Å²) < 4.78 is 10.5. The zero-order chi connectivity index (χ0) is 16.5. The smallest absolute Gasteiger partial charge is 0.314 e. The summed E-state index contributed by atoms with van der Waals surface area (Å²) >= 11 is 0. The Kier molecular flexibility index (Phi) is 6.97. The van der Waals surface area contributed by atoms with Gasteiger partial charge in [0, 0.05) is 19.7 Å². The number of urea groups is 1. The molecule has 0 saturated carbocycles. The van der Waals surface area contributed by atoms with Gasteiger partial charge in [-0.15, -0.1) is 0 Å². The van der Waals surface area contributed by atoms with Crippen LogP contribution in [0.1, 0.15) is 0 Å². The van der Waals surface area contributed by atoms with Crippen molar-refractivity contribution in [1.82, 2.24) is 10.2 Å². The molecule has 0 fully saturated rings. The summed E-state index contributed by atoms with van der Waals surface area (Å²) in [5.74, 6) is 0.787. The minimum Gasteiger partial charge on any atom is -0.497 e. The average molecular weight is 311 g/mol. The second-order valence-corrected chi connectivity index (χ2v) is 4.64. The number of carbonyl (C=O) groups excluding carboxylic acids is 2. The number of benzene rings is 1. The lowest BCUT2D eigenvalue weighted by Crippen LogP contribution is -2.43. The Balaban J connectivity index is 2.29. The predicted octanol–water partition coefficient (Wildman–Crippen LogP) is -0.438. The lowest BCUT2D eigenvalue weighted by molar-refractivity contribution is -0.122. The molecule has 3 amide bonds. The first-order chi connectivity index (χ1) is 10.4. The van der Waals surface area contributed by atoms with Crippen LogP contribution in [0.4, 0.5) is 4.79 Å². The van der Waals surface area contributed by atoms with Crippen molar-refractivity contribution in [3.63, 3.8) is 0 Å². The van der Waals surface area contributed by atoms with E-state index < -0.39 is 18.0 Å². The van der Waals surface area contributed by atoms with E-state index in [9.17, 15) is 14.7 Å². The molecule has 0 saturated heterocycles. The van der Waals surface area contributed by atoms with Gasteiger partial charge in [-0.05, 0) is 12.1 Å². The average Bonchev–Trinajstić information content (AvgIpc) is 2.51. The van der Waals surface area contributed by atoms with Crippen LogP contribution in [0.15, 0.2) is 24.3 Å². The Morgan fingerprint density at radius 3 is 2.73 bits per heavy atom. The Morgan fingerprint density at radius 2 is 2.09 bits per heavy atom. The van der Waals surface area contributed by atoms with Crippen LogP contribution < -0.4 is 20.5 Å². The second-order valence-electron chi connectivity index (χ2n) is 4.64. The van der Waals surface area contributed by atoms with E-state index in [4.69, 9.17) is 15.2 Å². The molecule has 8 heteroatoms. The maximum absolute atomic E-state index is 11.5. The molecule has 4 N–H and O–H groups in total. The number of aliphatic hydroxyl groups is 1. The molecule has 0 unspecified atom stereocenters. The van der Waals surface area contributed by atoms with E-state index in [0.29, 0.717) is 11.5 Å². The molecule has 0 spiro atoms. The molecule has 8 nitrogen and oxygen atoms in total. The maximum Gasteiger partial charge on any atom is 0.314 e. The van der Waals surface area contributed by atoms with Gasteiger partial charge in [0.2, 0.25) is 5.91 Å². The highest BCUT2D eigenvalue weighted by Gasteiger charge is 2.12. The molecule has 0 aliphatic heterocycles. The van der Waals surface area contributed by atoms with Crippen molar-refractivity contribution >= 4 is 11.9 Å². The van der Waals surface area contributed by atoms with E-state index >= 15 is 0 Å². The molecule has 0 bridgehead atoms. The van der Waals surface area contributed by atoms with Crippen LogP contribution >= 0.6 is 0 Å². The number of hydrogen-bond donors (Lipinski definition) is 3. The maximum atomic E-state index is 11.5. The number of methoxy groups -OCH3 is 1. The fourth-order valence-electron chi connectivity index (χ4n) is 1.52. The van der Waals surface area contributed by atoms with Crippen molar-refractivity contribution < 1.29 is 24.2 Å². The summed E-state index contributed by atoms with van der Waals surface area (Å²) in [6.07, 6.45) is -0.881. The molecule has 1 atom stereocenters. The Labute approximate surface area is 128 Å². The number of primary amides is 1. The minimum absolute atomic E-state index is 0.00933. The molecular formula is C14H21N3O5. The summed E-state index contributed by atoms with van der Waals surface area (Å²) in [5, 5.41) is 12.2. The van der Waals surface area contributed by atoms with Crippen molar-refractivity contribution in [2.75, 3.05) is 33.9 Å². The number of carbonyl (C=O) groups is 2. The number of amides is 3. The highest BCUT2D eigenvalue weighted by atomic mass is 16.5. The molecule has 1 aromatic rings. The number of rotatable bonds is 8. The summed E-state index contributed by atoms with van der Waals surface area (Å²) in [6, 6.07) is 6.26. The zero-order valence-electron chi connectivity index (χ0n) is 12.6. The summed E-state index contributed by atoms with van der Waals surface area (Å²) in [4.78, 5) is 23.3. The molecule has 122 valence electrons. The quantitative estimate of drug-likeness (QED) is 0.602. The first kappa shape index (κ1) is 17.6. The molecule has 0 radical (unpaired) electrons. The van der Waals surface area contributed by atoms with Gasteiger partial charge < -0.3 is 30.5 Å². The minimum atomic E-state index is -0.881. The van der Waals surface area contributed by atoms with Gasteiger partial charge in [-0.3, -0.25) is 4.79 Å².